The van der Waals surface area contributed by atoms with E-state index in [4.69, 9.17) is 12.2 Å². The first-order valence-electron chi connectivity index (χ1n) is 4.91. The van der Waals surface area contributed by atoms with Crippen LogP contribution in [0.3, 0.4) is 0 Å². The molecule has 86 valence electrons. The van der Waals surface area contributed by atoms with Crippen molar-refractivity contribution >= 4 is 40.0 Å². The van der Waals surface area contributed by atoms with Gasteiger partial charge < -0.3 is 5.32 Å². The molecular weight excluding hydrogens is 258 g/mol. The highest BCUT2D eigenvalue weighted by atomic mass is 32.1. The Kier molecular flexibility index (Phi) is 3.41. The number of hydrogen-bond donors (Lipinski definition) is 2. The molecule has 0 aliphatic heterocycles. The molecular formula is C10H13N3S3. The summed E-state index contributed by atoms with van der Waals surface area (Å²) in [6, 6.07) is 4.25. The van der Waals surface area contributed by atoms with Crippen molar-refractivity contribution in [1.82, 2.24) is 10.2 Å². The van der Waals surface area contributed by atoms with E-state index in [0.29, 0.717) is 3.95 Å². The minimum atomic E-state index is 0.113. The Bertz CT molecular complexity index is 495. The predicted octanol–water partition coefficient (Wildman–Crippen LogP) is 3.65. The van der Waals surface area contributed by atoms with E-state index in [1.54, 1.807) is 11.3 Å². The summed E-state index contributed by atoms with van der Waals surface area (Å²) in [5.74, 6) is 0. The molecule has 0 aliphatic carbocycles. The van der Waals surface area contributed by atoms with Crippen molar-refractivity contribution in [3.8, 4) is 0 Å². The Morgan fingerprint density at radius 1 is 1.56 bits per heavy atom. The van der Waals surface area contributed by atoms with Crippen LogP contribution in [0, 0.1) is 3.95 Å². The SMILES string of the molecule is CC(C)(CNc1n[nH]c(=S)s1)c1cccs1. The van der Waals surface area contributed by atoms with Gasteiger partial charge in [-0.15, -0.1) is 16.4 Å². The van der Waals surface area contributed by atoms with Crippen LogP contribution in [0.1, 0.15) is 18.7 Å². The molecule has 0 saturated heterocycles. The van der Waals surface area contributed by atoms with Gasteiger partial charge in [0, 0.05) is 16.8 Å². The summed E-state index contributed by atoms with van der Waals surface area (Å²) in [7, 11) is 0. The zero-order valence-corrected chi connectivity index (χ0v) is 11.6. The van der Waals surface area contributed by atoms with Crippen LogP contribution in [0.15, 0.2) is 17.5 Å². The summed E-state index contributed by atoms with van der Waals surface area (Å²) >= 11 is 8.23. The maximum Gasteiger partial charge on any atom is 0.204 e. The smallest absolute Gasteiger partial charge is 0.204 e. The fourth-order valence-electron chi connectivity index (χ4n) is 1.35. The van der Waals surface area contributed by atoms with Crippen molar-refractivity contribution in [1.29, 1.82) is 0 Å². The Labute approximate surface area is 108 Å². The number of rotatable bonds is 4. The fourth-order valence-corrected chi connectivity index (χ4v) is 2.99. The van der Waals surface area contributed by atoms with Crippen molar-refractivity contribution in [2.24, 2.45) is 0 Å². The van der Waals surface area contributed by atoms with E-state index in [1.807, 2.05) is 0 Å². The van der Waals surface area contributed by atoms with Crippen LogP contribution in [-0.2, 0) is 5.41 Å². The van der Waals surface area contributed by atoms with Gasteiger partial charge in [-0.25, -0.2) is 0 Å². The normalized spacial score (nSPS) is 11.6. The molecule has 0 spiro atoms. The molecule has 16 heavy (non-hydrogen) atoms. The van der Waals surface area contributed by atoms with E-state index >= 15 is 0 Å². The standard InChI is InChI=1S/C10H13N3S3/c1-10(2,7-4-3-5-15-7)6-11-8-12-13-9(14)16-8/h3-5H,6H2,1-2H3,(H,11,12)(H,13,14). The second-order valence-electron chi connectivity index (χ2n) is 4.13. The van der Waals surface area contributed by atoms with Gasteiger partial charge in [0.15, 0.2) is 3.95 Å². The molecule has 0 bridgehead atoms. The highest BCUT2D eigenvalue weighted by Gasteiger charge is 2.21. The van der Waals surface area contributed by atoms with Crippen LogP contribution in [-0.4, -0.2) is 16.7 Å². The lowest BCUT2D eigenvalue weighted by Gasteiger charge is -2.23. The maximum atomic E-state index is 4.98. The molecule has 6 heteroatoms. The van der Waals surface area contributed by atoms with Crippen molar-refractivity contribution in [3.63, 3.8) is 0 Å². The molecule has 2 aromatic rings. The Balaban J connectivity index is 2.02. The van der Waals surface area contributed by atoms with E-state index in [0.717, 1.165) is 11.7 Å². The highest BCUT2D eigenvalue weighted by Crippen LogP contribution is 2.27. The van der Waals surface area contributed by atoms with E-state index in [-0.39, 0.29) is 5.41 Å². The molecule has 0 radical (unpaired) electrons. The summed E-state index contributed by atoms with van der Waals surface area (Å²) in [4.78, 5) is 1.37. The first-order valence-corrected chi connectivity index (χ1v) is 7.02. The molecule has 2 N–H and O–H groups in total. The van der Waals surface area contributed by atoms with E-state index in [9.17, 15) is 0 Å². The van der Waals surface area contributed by atoms with Gasteiger partial charge in [0.05, 0.1) is 0 Å². The lowest BCUT2D eigenvalue weighted by molar-refractivity contribution is 0.569. The molecule has 0 aliphatic rings. The van der Waals surface area contributed by atoms with Gasteiger partial charge in [0.2, 0.25) is 5.13 Å². The van der Waals surface area contributed by atoms with Crippen molar-refractivity contribution in [3.05, 3.63) is 26.3 Å². The first-order chi connectivity index (χ1) is 7.58. The van der Waals surface area contributed by atoms with Gasteiger partial charge in [0.25, 0.3) is 0 Å². The van der Waals surface area contributed by atoms with Crippen LogP contribution < -0.4 is 5.32 Å². The number of aromatic nitrogens is 2. The molecule has 0 aromatic carbocycles. The number of nitrogens with zero attached hydrogens (tertiary/aromatic N) is 1. The minimum absolute atomic E-state index is 0.113. The number of thiophene rings is 1. The van der Waals surface area contributed by atoms with Gasteiger partial charge >= 0.3 is 0 Å². The molecule has 2 rings (SSSR count). The summed E-state index contributed by atoms with van der Waals surface area (Å²) < 4.78 is 0.705. The molecule has 0 fully saturated rings. The third-order valence-corrected chi connectivity index (χ3v) is 4.59. The molecule has 0 unspecified atom stereocenters. The summed E-state index contributed by atoms with van der Waals surface area (Å²) in [6.07, 6.45) is 0. The van der Waals surface area contributed by atoms with Gasteiger partial charge in [-0.05, 0) is 23.7 Å². The Morgan fingerprint density at radius 3 is 2.94 bits per heavy atom. The second kappa shape index (κ2) is 4.65. The van der Waals surface area contributed by atoms with Crippen LogP contribution in [0.5, 0.6) is 0 Å². The average Bonchev–Trinajstić information content (AvgIpc) is 2.85. The average molecular weight is 271 g/mol. The number of hydrogen-bond acceptors (Lipinski definition) is 5. The molecule has 0 atom stereocenters. The lowest BCUT2D eigenvalue weighted by Crippen LogP contribution is -2.26. The van der Waals surface area contributed by atoms with Crippen LogP contribution in [0.4, 0.5) is 5.13 Å². The topological polar surface area (TPSA) is 40.7 Å². The lowest BCUT2D eigenvalue weighted by atomic mass is 9.92. The Hall–Kier alpha value is -0.720. The zero-order chi connectivity index (χ0) is 11.6. The molecule has 0 saturated carbocycles. The number of anilines is 1. The zero-order valence-electron chi connectivity index (χ0n) is 9.11. The van der Waals surface area contributed by atoms with Crippen LogP contribution in [0.25, 0.3) is 0 Å². The van der Waals surface area contributed by atoms with Gasteiger partial charge in [-0.2, -0.15) is 0 Å². The summed E-state index contributed by atoms with van der Waals surface area (Å²) in [5.41, 5.74) is 0.113. The monoisotopic (exact) mass is 271 g/mol. The second-order valence-corrected chi connectivity index (χ2v) is 6.75. The third-order valence-electron chi connectivity index (χ3n) is 2.31. The van der Waals surface area contributed by atoms with Crippen molar-refractivity contribution in [2.45, 2.75) is 19.3 Å². The molecule has 2 heterocycles. The first kappa shape index (κ1) is 11.8. The maximum absolute atomic E-state index is 4.98. The molecule has 3 nitrogen and oxygen atoms in total. The minimum Gasteiger partial charge on any atom is -0.359 e. The number of aromatic amines is 1. The fraction of sp³-hybridized carbons (Fsp3) is 0.400. The predicted molar refractivity (Wildman–Crippen MR) is 73.1 cm³/mol. The largest absolute Gasteiger partial charge is 0.359 e. The molecule has 2 aromatic heterocycles. The van der Waals surface area contributed by atoms with Gasteiger partial charge in [-0.1, -0.05) is 31.3 Å². The number of nitrogens with one attached hydrogen (secondary N) is 2. The van der Waals surface area contributed by atoms with E-state index in [1.165, 1.54) is 16.2 Å². The van der Waals surface area contributed by atoms with E-state index in [2.05, 4.69) is 46.9 Å². The highest BCUT2D eigenvalue weighted by molar-refractivity contribution is 7.73. The molecule has 0 amide bonds. The Morgan fingerprint density at radius 2 is 2.38 bits per heavy atom. The van der Waals surface area contributed by atoms with Crippen molar-refractivity contribution < 1.29 is 0 Å². The van der Waals surface area contributed by atoms with Gasteiger partial charge in [-0.3, -0.25) is 5.10 Å². The summed E-state index contributed by atoms with van der Waals surface area (Å²) in [6.45, 7) is 5.29. The van der Waals surface area contributed by atoms with Crippen molar-refractivity contribution in [2.75, 3.05) is 11.9 Å². The summed E-state index contributed by atoms with van der Waals surface area (Å²) in [5, 5.41) is 13.1. The van der Waals surface area contributed by atoms with E-state index < -0.39 is 0 Å². The van der Waals surface area contributed by atoms with Crippen LogP contribution >= 0.6 is 34.9 Å². The van der Waals surface area contributed by atoms with Gasteiger partial charge in [0.1, 0.15) is 0 Å². The quantitative estimate of drug-likeness (QED) is 0.834. The number of H-pyrrole nitrogens is 1. The third kappa shape index (κ3) is 2.69. The van der Waals surface area contributed by atoms with Crippen LogP contribution in [0.2, 0.25) is 0 Å².